The van der Waals surface area contributed by atoms with Gasteiger partial charge in [-0.25, -0.2) is 9.59 Å². The fraction of sp³-hybridized carbons (Fsp3) is 0.429. The average molecular weight is 278 g/mol. The summed E-state index contributed by atoms with van der Waals surface area (Å²) in [4.78, 5) is 23.6. The lowest BCUT2D eigenvalue weighted by atomic mass is 10.1. The van der Waals surface area contributed by atoms with Gasteiger partial charge in [0.25, 0.3) is 0 Å². The maximum atomic E-state index is 11.8. The highest BCUT2D eigenvalue weighted by Crippen LogP contribution is 2.14. The van der Waals surface area contributed by atoms with E-state index in [9.17, 15) is 9.59 Å². The summed E-state index contributed by atoms with van der Waals surface area (Å²) in [6.45, 7) is 1.74. The molecule has 0 amide bonds. The molecule has 0 aromatic heterocycles. The van der Waals surface area contributed by atoms with E-state index in [0.717, 1.165) is 0 Å². The van der Waals surface area contributed by atoms with E-state index < -0.39 is 11.9 Å². The van der Waals surface area contributed by atoms with E-state index in [0.29, 0.717) is 24.3 Å². The molecule has 106 valence electrons. The van der Waals surface area contributed by atoms with Crippen molar-refractivity contribution in [3.63, 3.8) is 0 Å². The number of benzene rings is 1. The molecule has 20 heavy (non-hydrogen) atoms. The molecule has 2 unspecified atom stereocenters. The average Bonchev–Trinajstić information content (AvgIpc) is 3.36. The van der Waals surface area contributed by atoms with Gasteiger partial charge in [-0.2, -0.15) is 0 Å². The molecule has 2 fully saturated rings. The predicted molar refractivity (Wildman–Crippen MR) is 66.5 cm³/mol. The molecule has 0 saturated carbocycles. The quantitative estimate of drug-likeness (QED) is 0.565. The highest BCUT2D eigenvalue weighted by molar-refractivity contribution is 5.95. The van der Waals surface area contributed by atoms with Gasteiger partial charge in [0.2, 0.25) is 0 Å². The van der Waals surface area contributed by atoms with Crippen LogP contribution in [-0.2, 0) is 18.9 Å². The van der Waals surface area contributed by atoms with E-state index in [-0.39, 0.29) is 25.4 Å². The summed E-state index contributed by atoms with van der Waals surface area (Å²) in [6, 6.07) is 6.27. The third-order valence-electron chi connectivity index (χ3n) is 2.94. The minimum absolute atomic E-state index is 0.0191. The van der Waals surface area contributed by atoms with Gasteiger partial charge in [0.15, 0.2) is 0 Å². The first kappa shape index (κ1) is 13.1. The molecule has 2 saturated heterocycles. The zero-order valence-electron chi connectivity index (χ0n) is 10.7. The zero-order chi connectivity index (χ0) is 13.9. The van der Waals surface area contributed by atoms with Gasteiger partial charge in [0.1, 0.15) is 25.4 Å². The Labute approximate surface area is 115 Å². The second-order valence-corrected chi connectivity index (χ2v) is 4.69. The minimum Gasteiger partial charge on any atom is -0.459 e. The van der Waals surface area contributed by atoms with Gasteiger partial charge < -0.3 is 18.9 Å². The summed E-state index contributed by atoms with van der Waals surface area (Å²) >= 11 is 0. The summed E-state index contributed by atoms with van der Waals surface area (Å²) in [5.74, 6) is -0.943. The van der Waals surface area contributed by atoms with Gasteiger partial charge in [-0.05, 0) is 18.2 Å². The number of hydrogen-bond donors (Lipinski definition) is 0. The second kappa shape index (κ2) is 5.60. The van der Waals surface area contributed by atoms with Crippen LogP contribution in [0.3, 0.4) is 0 Å². The Kier molecular flexibility index (Phi) is 3.66. The molecule has 0 N–H and O–H groups in total. The number of ether oxygens (including phenoxy) is 4. The van der Waals surface area contributed by atoms with Crippen LogP contribution in [0.25, 0.3) is 0 Å². The normalized spacial score (nSPS) is 23.0. The van der Waals surface area contributed by atoms with Crippen LogP contribution < -0.4 is 0 Å². The Balaban J connectivity index is 1.58. The van der Waals surface area contributed by atoms with E-state index in [4.69, 9.17) is 18.9 Å². The van der Waals surface area contributed by atoms with Crippen molar-refractivity contribution in [2.45, 2.75) is 12.2 Å². The summed E-state index contributed by atoms with van der Waals surface area (Å²) in [5, 5.41) is 0. The van der Waals surface area contributed by atoms with Crippen molar-refractivity contribution in [3.05, 3.63) is 35.4 Å². The fourth-order valence-corrected chi connectivity index (χ4v) is 1.61. The molecular weight excluding hydrogens is 264 g/mol. The van der Waals surface area contributed by atoms with Crippen LogP contribution >= 0.6 is 0 Å². The lowest BCUT2D eigenvalue weighted by molar-refractivity contribution is 0.0474. The number of carbonyl (C=O) groups is 2. The number of rotatable bonds is 6. The molecule has 6 heteroatoms. The van der Waals surface area contributed by atoms with Crippen LogP contribution in [0, 0.1) is 0 Å². The lowest BCUT2D eigenvalue weighted by Gasteiger charge is -2.06. The summed E-state index contributed by atoms with van der Waals surface area (Å²) in [7, 11) is 0. The van der Waals surface area contributed by atoms with Crippen molar-refractivity contribution in [2.75, 3.05) is 26.4 Å². The van der Waals surface area contributed by atoms with E-state index in [1.165, 1.54) is 6.07 Å². The third kappa shape index (κ3) is 3.55. The molecule has 2 aliphatic heterocycles. The molecule has 2 atom stereocenters. The summed E-state index contributed by atoms with van der Waals surface area (Å²) < 4.78 is 20.0. The molecule has 0 radical (unpaired) electrons. The van der Waals surface area contributed by atoms with Crippen LogP contribution in [0.5, 0.6) is 0 Å². The largest absolute Gasteiger partial charge is 0.459 e. The Morgan fingerprint density at radius 2 is 1.45 bits per heavy atom. The van der Waals surface area contributed by atoms with Gasteiger partial charge in [-0.1, -0.05) is 6.07 Å². The van der Waals surface area contributed by atoms with Crippen molar-refractivity contribution in [1.29, 1.82) is 0 Å². The summed E-state index contributed by atoms with van der Waals surface area (Å²) in [5.41, 5.74) is 0.644. The minimum atomic E-state index is -0.472. The SMILES string of the molecule is O=C(OCC1CO1)c1cccc(C(=O)OCC2CO2)c1. The first-order valence-electron chi connectivity index (χ1n) is 6.40. The molecule has 0 spiro atoms. The van der Waals surface area contributed by atoms with Gasteiger partial charge in [0.05, 0.1) is 24.3 Å². The van der Waals surface area contributed by atoms with E-state index in [1.54, 1.807) is 18.2 Å². The van der Waals surface area contributed by atoms with Crippen molar-refractivity contribution in [3.8, 4) is 0 Å². The molecule has 6 nitrogen and oxygen atoms in total. The molecule has 1 aromatic carbocycles. The van der Waals surface area contributed by atoms with E-state index >= 15 is 0 Å². The Morgan fingerprint density at radius 1 is 1.00 bits per heavy atom. The molecular formula is C14H14O6. The van der Waals surface area contributed by atoms with Gasteiger partial charge in [0, 0.05) is 0 Å². The zero-order valence-corrected chi connectivity index (χ0v) is 10.7. The van der Waals surface area contributed by atoms with Crippen molar-refractivity contribution >= 4 is 11.9 Å². The van der Waals surface area contributed by atoms with Crippen LogP contribution in [0.4, 0.5) is 0 Å². The number of hydrogen-bond acceptors (Lipinski definition) is 6. The standard InChI is InChI=1S/C14H14O6/c15-13(19-7-11-5-17-11)9-2-1-3-10(4-9)14(16)20-8-12-6-18-12/h1-4,11-12H,5-8H2. The predicted octanol–water partition coefficient (Wildman–Crippen LogP) is 0.798. The molecule has 0 bridgehead atoms. The van der Waals surface area contributed by atoms with E-state index in [2.05, 4.69) is 0 Å². The maximum absolute atomic E-state index is 11.8. The van der Waals surface area contributed by atoms with Crippen LogP contribution in [0.15, 0.2) is 24.3 Å². The second-order valence-electron chi connectivity index (χ2n) is 4.69. The third-order valence-corrected chi connectivity index (χ3v) is 2.94. The monoisotopic (exact) mass is 278 g/mol. The number of carbonyl (C=O) groups excluding carboxylic acids is 2. The topological polar surface area (TPSA) is 77.7 Å². The van der Waals surface area contributed by atoms with Gasteiger partial charge in [-0.3, -0.25) is 0 Å². The van der Waals surface area contributed by atoms with Crippen molar-refractivity contribution < 1.29 is 28.5 Å². The maximum Gasteiger partial charge on any atom is 0.338 e. The molecule has 0 aliphatic carbocycles. The smallest absolute Gasteiger partial charge is 0.338 e. The van der Waals surface area contributed by atoms with Gasteiger partial charge >= 0.3 is 11.9 Å². The molecule has 2 heterocycles. The Bertz CT molecular complexity index is 475. The van der Waals surface area contributed by atoms with E-state index in [1.807, 2.05) is 0 Å². The molecule has 2 aliphatic rings. The molecule has 3 rings (SSSR count). The Morgan fingerprint density at radius 3 is 1.85 bits per heavy atom. The van der Waals surface area contributed by atoms with Crippen LogP contribution in [0.2, 0.25) is 0 Å². The van der Waals surface area contributed by atoms with Crippen molar-refractivity contribution in [1.82, 2.24) is 0 Å². The first-order chi connectivity index (χ1) is 9.72. The van der Waals surface area contributed by atoms with Crippen LogP contribution in [0.1, 0.15) is 20.7 Å². The number of esters is 2. The highest BCUT2D eigenvalue weighted by atomic mass is 16.6. The highest BCUT2D eigenvalue weighted by Gasteiger charge is 2.26. The molecule has 1 aromatic rings. The Hall–Kier alpha value is -1.92. The fourth-order valence-electron chi connectivity index (χ4n) is 1.61. The number of epoxide rings is 2. The summed E-state index contributed by atoms with van der Waals surface area (Å²) in [6.07, 6.45) is 0.0382. The van der Waals surface area contributed by atoms with Gasteiger partial charge in [-0.15, -0.1) is 0 Å². The van der Waals surface area contributed by atoms with Crippen LogP contribution in [-0.4, -0.2) is 50.6 Å². The van der Waals surface area contributed by atoms with Crippen molar-refractivity contribution in [2.24, 2.45) is 0 Å². The lowest BCUT2D eigenvalue weighted by Crippen LogP contribution is -2.13. The first-order valence-corrected chi connectivity index (χ1v) is 6.40.